The number of amides is 1. The van der Waals surface area contributed by atoms with Crippen LogP contribution in [0, 0.1) is 0 Å². The van der Waals surface area contributed by atoms with Gasteiger partial charge in [-0.15, -0.1) is 0 Å². The molecular weight excluding hydrogens is 258 g/mol. The quantitative estimate of drug-likeness (QED) is 0.628. The number of nitrogens with zero attached hydrogens (tertiary/aromatic N) is 2. The molecule has 19 heavy (non-hydrogen) atoms. The van der Waals surface area contributed by atoms with Crippen molar-refractivity contribution >= 4 is 17.7 Å². The Morgan fingerprint density at radius 1 is 1.16 bits per heavy atom. The third-order valence-corrected chi connectivity index (χ3v) is 4.08. The topological polar surface area (TPSA) is 49.6 Å². The minimum absolute atomic E-state index is 0.107. The van der Waals surface area contributed by atoms with Gasteiger partial charge >= 0.3 is 0 Å². The van der Waals surface area contributed by atoms with E-state index in [0.29, 0.717) is 0 Å². The molecule has 4 nitrogen and oxygen atoms in total. The van der Waals surface area contributed by atoms with Gasteiger partial charge in [0, 0.05) is 13.1 Å². The first-order chi connectivity index (χ1) is 9.10. The molecule has 0 heterocycles. The van der Waals surface area contributed by atoms with E-state index in [2.05, 4.69) is 18.7 Å². The summed E-state index contributed by atoms with van der Waals surface area (Å²) in [6, 6.07) is -0.333. The SMILES string of the molecule is CCN(CC)CCCN(CC)C(=O)[C@@H](N)CCSC. The van der Waals surface area contributed by atoms with Crippen LogP contribution >= 0.6 is 11.8 Å². The Morgan fingerprint density at radius 3 is 2.26 bits per heavy atom. The molecule has 0 fully saturated rings. The predicted molar refractivity (Wildman–Crippen MR) is 85.6 cm³/mol. The number of thioether (sulfide) groups is 1. The number of rotatable bonds is 11. The smallest absolute Gasteiger partial charge is 0.239 e. The molecule has 2 N–H and O–H groups in total. The molecule has 0 aromatic heterocycles. The van der Waals surface area contributed by atoms with E-state index in [4.69, 9.17) is 5.73 Å². The average Bonchev–Trinajstić information content (AvgIpc) is 2.44. The van der Waals surface area contributed by atoms with Crippen molar-refractivity contribution in [3.8, 4) is 0 Å². The first kappa shape index (κ1) is 18.7. The standard InChI is InChI=1S/C14H31N3OS/c1-5-16(6-2)10-8-11-17(7-3)14(18)13(15)9-12-19-4/h13H,5-12,15H2,1-4H3/t13-/m0/s1. The highest BCUT2D eigenvalue weighted by atomic mass is 32.2. The number of carbonyl (C=O) groups is 1. The van der Waals surface area contributed by atoms with Crippen molar-refractivity contribution in [1.82, 2.24) is 9.80 Å². The van der Waals surface area contributed by atoms with E-state index >= 15 is 0 Å². The van der Waals surface area contributed by atoms with Crippen molar-refractivity contribution in [3.05, 3.63) is 0 Å². The number of hydrogen-bond acceptors (Lipinski definition) is 4. The summed E-state index contributed by atoms with van der Waals surface area (Å²) in [4.78, 5) is 16.5. The highest BCUT2D eigenvalue weighted by Gasteiger charge is 2.19. The molecule has 0 saturated heterocycles. The summed E-state index contributed by atoms with van der Waals surface area (Å²) >= 11 is 1.74. The molecule has 1 atom stereocenters. The summed E-state index contributed by atoms with van der Waals surface area (Å²) in [5, 5.41) is 0. The van der Waals surface area contributed by atoms with E-state index in [1.807, 2.05) is 18.1 Å². The van der Waals surface area contributed by atoms with Crippen LogP contribution in [-0.4, -0.2) is 66.5 Å². The molecule has 0 saturated carbocycles. The van der Waals surface area contributed by atoms with Gasteiger partial charge in [0.15, 0.2) is 0 Å². The summed E-state index contributed by atoms with van der Waals surface area (Å²) in [6.07, 6.45) is 3.84. The van der Waals surface area contributed by atoms with Crippen LogP contribution in [0.5, 0.6) is 0 Å². The molecule has 0 rings (SSSR count). The van der Waals surface area contributed by atoms with Crippen molar-refractivity contribution in [2.24, 2.45) is 5.73 Å². The Morgan fingerprint density at radius 2 is 1.79 bits per heavy atom. The van der Waals surface area contributed by atoms with Crippen LogP contribution in [-0.2, 0) is 4.79 Å². The lowest BCUT2D eigenvalue weighted by Gasteiger charge is -2.26. The van der Waals surface area contributed by atoms with E-state index in [9.17, 15) is 4.79 Å². The van der Waals surface area contributed by atoms with Gasteiger partial charge in [-0.3, -0.25) is 4.79 Å². The van der Waals surface area contributed by atoms with Gasteiger partial charge in [0.25, 0.3) is 0 Å². The zero-order valence-corrected chi connectivity index (χ0v) is 13.8. The fourth-order valence-corrected chi connectivity index (χ4v) is 2.54. The predicted octanol–water partition coefficient (Wildman–Crippen LogP) is 1.65. The molecule has 0 aliphatic rings. The Hall–Kier alpha value is -0.260. The molecule has 0 aromatic carbocycles. The molecule has 0 bridgehead atoms. The third-order valence-electron chi connectivity index (χ3n) is 3.44. The maximum atomic E-state index is 12.2. The molecule has 0 aliphatic heterocycles. The van der Waals surface area contributed by atoms with Gasteiger partial charge in [0.1, 0.15) is 0 Å². The normalized spacial score (nSPS) is 12.7. The molecular formula is C14H31N3OS. The van der Waals surface area contributed by atoms with Crippen LogP contribution in [0.4, 0.5) is 0 Å². The van der Waals surface area contributed by atoms with Gasteiger partial charge in [-0.25, -0.2) is 0 Å². The number of likely N-dealkylation sites (N-methyl/N-ethyl adjacent to an activating group) is 1. The average molecular weight is 289 g/mol. The van der Waals surface area contributed by atoms with E-state index in [-0.39, 0.29) is 11.9 Å². The second-order valence-electron chi connectivity index (χ2n) is 4.69. The molecule has 5 heteroatoms. The number of hydrogen-bond donors (Lipinski definition) is 1. The van der Waals surface area contributed by atoms with E-state index in [1.54, 1.807) is 11.8 Å². The van der Waals surface area contributed by atoms with Gasteiger partial charge in [0.05, 0.1) is 6.04 Å². The van der Waals surface area contributed by atoms with Crippen molar-refractivity contribution in [3.63, 3.8) is 0 Å². The van der Waals surface area contributed by atoms with E-state index in [1.165, 1.54) is 0 Å². The summed E-state index contributed by atoms with van der Waals surface area (Å²) in [6.45, 7) is 11.1. The molecule has 0 unspecified atom stereocenters. The van der Waals surface area contributed by atoms with Crippen LogP contribution in [0.25, 0.3) is 0 Å². The Bertz CT molecular complexity index is 235. The van der Waals surface area contributed by atoms with Gasteiger partial charge < -0.3 is 15.5 Å². The minimum Gasteiger partial charge on any atom is -0.342 e. The summed E-state index contributed by atoms with van der Waals surface area (Å²) in [5.74, 6) is 1.06. The molecule has 0 aliphatic carbocycles. The molecule has 0 spiro atoms. The maximum absolute atomic E-state index is 12.2. The lowest BCUT2D eigenvalue weighted by molar-refractivity contribution is -0.132. The van der Waals surface area contributed by atoms with Crippen molar-refractivity contribution in [2.45, 2.75) is 39.7 Å². The van der Waals surface area contributed by atoms with Gasteiger partial charge in [-0.2, -0.15) is 11.8 Å². The fourth-order valence-electron chi connectivity index (χ4n) is 2.05. The van der Waals surface area contributed by atoms with E-state index < -0.39 is 0 Å². The van der Waals surface area contributed by atoms with Crippen LogP contribution in [0.1, 0.15) is 33.6 Å². The van der Waals surface area contributed by atoms with Crippen molar-refractivity contribution in [1.29, 1.82) is 0 Å². The van der Waals surface area contributed by atoms with Crippen LogP contribution < -0.4 is 5.73 Å². The van der Waals surface area contributed by atoms with Gasteiger partial charge in [-0.1, -0.05) is 13.8 Å². The highest BCUT2D eigenvalue weighted by molar-refractivity contribution is 7.98. The van der Waals surface area contributed by atoms with Crippen LogP contribution in [0.2, 0.25) is 0 Å². The van der Waals surface area contributed by atoms with Crippen LogP contribution in [0.15, 0.2) is 0 Å². The molecule has 114 valence electrons. The van der Waals surface area contributed by atoms with Crippen molar-refractivity contribution < 1.29 is 4.79 Å². The third kappa shape index (κ3) is 7.80. The Labute approximate surface area is 123 Å². The zero-order chi connectivity index (χ0) is 14.7. The maximum Gasteiger partial charge on any atom is 0.239 e. The van der Waals surface area contributed by atoms with Crippen LogP contribution in [0.3, 0.4) is 0 Å². The first-order valence-corrected chi connectivity index (χ1v) is 8.75. The molecule has 1 amide bonds. The first-order valence-electron chi connectivity index (χ1n) is 7.36. The second-order valence-corrected chi connectivity index (χ2v) is 5.67. The Balaban J connectivity index is 4.07. The van der Waals surface area contributed by atoms with Crippen molar-refractivity contribution in [2.75, 3.05) is 44.7 Å². The lowest BCUT2D eigenvalue weighted by Crippen LogP contribution is -2.45. The number of carbonyl (C=O) groups excluding carboxylic acids is 1. The molecule has 0 radical (unpaired) electrons. The van der Waals surface area contributed by atoms with Gasteiger partial charge in [0.2, 0.25) is 5.91 Å². The Kier molecular flexibility index (Phi) is 11.4. The van der Waals surface area contributed by atoms with E-state index in [0.717, 1.165) is 51.3 Å². The number of nitrogens with two attached hydrogens (primary N) is 1. The zero-order valence-electron chi connectivity index (χ0n) is 13.0. The second kappa shape index (κ2) is 11.6. The van der Waals surface area contributed by atoms with Gasteiger partial charge in [-0.05, 0) is 51.4 Å². The lowest BCUT2D eigenvalue weighted by atomic mass is 10.2. The summed E-state index contributed by atoms with van der Waals surface area (Å²) in [7, 11) is 0. The largest absolute Gasteiger partial charge is 0.342 e. The summed E-state index contributed by atoms with van der Waals surface area (Å²) < 4.78 is 0. The highest BCUT2D eigenvalue weighted by Crippen LogP contribution is 2.04. The minimum atomic E-state index is -0.333. The molecule has 0 aromatic rings. The fraction of sp³-hybridized carbons (Fsp3) is 0.929. The summed E-state index contributed by atoms with van der Waals surface area (Å²) in [5.41, 5.74) is 5.95. The monoisotopic (exact) mass is 289 g/mol.